The molecule has 92 valence electrons. The van der Waals surface area contributed by atoms with Crippen LogP contribution in [0.2, 0.25) is 0 Å². The van der Waals surface area contributed by atoms with Crippen LogP contribution in [0.5, 0.6) is 0 Å². The fraction of sp³-hybridized carbons (Fsp3) is 0.538. The van der Waals surface area contributed by atoms with Gasteiger partial charge in [0.15, 0.2) is 11.6 Å². The first kappa shape index (κ1) is 11.1. The third-order valence-electron chi connectivity index (χ3n) is 3.78. The van der Waals surface area contributed by atoms with Crippen molar-refractivity contribution in [1.29, 1.82) is 0 Å². The Morgan fingerprint density at radius 2 is 1.88 bits per heavy atom. The van der Waals surface area contributed by atoms with Gasteiger partial charge in [0, 0.05) is 18.6 Å². The molecular formula is C13H16F2N2. The maximum atomic E-state index is 13.3. The molecule has 1 unspecified atom stereocenters. The van der Waals surface area contributed by atoms with Crippen LogP contribution in [0.1, 0.15) is 30.9 Å². The van der Waals surface area contributed by atoms with E-state index in [9.17, 15) is 8.78 Å². The Morgan fingerprint density at radius 1 is 1.12 bits per heavy atom. The summed E-state index contributed by atoms with van der Waals surface area (Å²) in [5.41, 5.74) is 6.90. The molecule has 0 bridgehead atoms. The Bertz CT molecular complexity index is 431. The van der Waals surface area contributed by atoms with Crippen LogP contribution in [-0.4, -0.2) is 23.5 Å². The number of hydrogen-bond acceptors (Lipinski definition) is 2. The zero-order valence-corrected chi connectivity index (χ0v) is 9.57. The van der Waals surface area contributed by atoms with Gasteiger partial charge >= 0.3 is 0 Å². The van der Waals surface area contributed by atoms with E-state index in [1.807, 2.05) is 0 Å². The van der Waals surface area contributed by atoms with E-state index in [2.05, 4.69) is 4.90 Å². The molecule has 1 aromatic carbocycles. The van der Waals surface area contributed by atoms with Crippen LogP contribution in [0.25, 0.3) is 0 Å². The summed E-state index contributed by atoms with van der Waals surface area (Å²) in [5.74, 6) is -1.57. The van der Waals surface area contributed by atoms with Crippen LogP contribution in [0, 0.1) is 11.6 Å². The summed E-state index contributed by atoms with van der Waals surface area (Å²) in [7, 11) is 0. The Labute approximate surface area is 99.4 Å². The predicted molar refractivity (Wildman–Crippen MR) is 61.4 cm³/mol. The average Bonchev–Trinajstić information content (AvgIpc) is 3.07. The van der Waals surface area contributed by atoms with Gasteiger partial charge in [0.25, 0.3) is 0 Å². The topological polar surface area (TPSA) is 29.3 Å². The van der Waals surface area contributed by atoms with E-state index in [0.29, 0.717) is 6.04 Å². The summed E-state index contributed by atoms with van der Waals surface area (Å²) in [6, 6.07) is 4.82. The van der Waals surface area contributed by atoms with Crippen molar-refractivity contribution in [2.45, 2.75) is 37.4 Å². The molecule has 3 rings (SSSR count). The number of likely N-dealkylation sites (tertiary alicyclic amines) is 1. The van der Waals surface area contributed by atoms with E-state index in [-0.39, 0.29) is 12.1 Å². The minimum absolute atomic E-state index is 0.0282. The lowest BCUT2D eigenvalue weighted by molar-refractivity contribution is 0.236. The monoisotopic (exact) mass is 238 g/mol. The second-order valence-electron chi connectivity index (χ2n) is 5.04. The molecule has 2 fully saturated rings. The lowest BCUT2D eigenvalue weighted by Gasteiger charge is -2.27. The standard InChI is InChI=1S/C13H16F2N2/c14-10-4-1-8(7-11(10)15)13-12(16)5-6-17(13)9-2-3-9/h1,4,7,9,12-13H,2-3,5-6,16H2/t12?,13-/m1/s1. The molecule has 1 aliphatic heterocycles. The summed E-state index contributed by atoms with van der Waals surface area (Å²) in [5, 5.41) is 0. The van der Waals surface area contributed by atoms with Gasteiger partial charge in [-0.05, 0) is 37.0 Å². The van der Waals surface area contributed by atoms with E-state index >= 15 is 0 Å². The van der Waals surface area contributed by atoms with Gasteiger partial charge in [-0.2, -0.15) is 0 Å². The third kappa shape index (κ3) is 1.96. The first-order valence-corrected chi connectivity index (χ1v) is 6.13. The zero-order chi connectivity index (χ0) is 12.0. The van der Waals surface area contributed by atoms with E-state index in [0.717, 1.165) is 18.5 Å². The molecule has 1 saturated heterocycles. The number of hydrogen-bond donors (Lipinski definition) is 1. The van der Waals surface area contributed by atoms with Crippen LogP contribution in [0.4, 0.5) is 8.78 Å². The molecule has 0 spiro atoms. The normalized spacial score (nSPS) is 29.8. The molecule has 4 heteroatoms. The molecule has 1 heterocycles. The van der Waals surface area contributed by atoms with Crippen molar-refractivity contribution in [2.75, 3.05) is 6.54 Å². The second-order valence-corrected chi connectivity index (χ2v) is 5.04. The van der Waals surface area contributed by atoms with Crippen molar-refractivity contribution in [2.24, 2.45) is 5.73 Å². The SMILES string of the molecule is NC1CCN(C2CC2)[C@@H]1c1ccc(F)c(F)c1. The molecule has 0 radical (unpaired) electrons. The molecule has 1 aromatic rings. The van der Waals surface area contributed by atoms with Crippen LogP contribution < -0.4 is 5.73 Å². The van der Waals surface area contributed by atoms with Gasteiger partial charge in [-0.15, -0.1) is 0 Å². The third-order valence-corrected chi connectivity index (χ3v) is 3.78. The Balaban J connectivity index is 1.91. The Morgan fingerprint density at radius 3 is 2.53 bits per heavy atom. The van der Waals surface area contributed by atoms with Gasteiger partial charge in [0.05, 0.1) is 6.04 Å². The van der Waals surface area contributed by atoms with Crippen LogP contribution in [-0.2, 0) is 0 Å². The average molecular weight is 238 g/mol. The molecule has 2 nitrogen and oxygen atoms in total. The summed E-state index contributed by atoms with van der Waals surface area (Å²) in [6.45, 7) is 0.968. The Hall–Kier alpha value is -1.00. The first-order chi connectivity index (χ1) is 8.16. The van der Waals surface area contributed by atoms with Crippen LogP contribution >= 0.6 is 0 Å². The number of nitrogens with zero attached hydrogens (tertiary/aromatic N) is 1. The van der Waals surface area contributed by atoms with Gasteiger partial charge in [-0.25, -0.2) is 8.78 Å². The molecule has 17 heavy (non-hydrogen) atoms. The molecule has 0 aromatic heterocycles. The summed E-state index contributed by atoms with van der Waals surface area (Å²) in [4.78, 5) is 2.34. The first-order valence-electron chi connectivity index (χ1n) is 6.13. The second kappa shape index (κ2) is 4.03. The maximum Gasteiger partial charge on any atom is 0.159 e. The Kier molecular flexibility index (Phi) is 2.64. The molecule has 1 saturated carbocycles. The summed E-state index contributed by atoms with van der Waals surface area (Å²) in [6.07, 6.45) is 3.33. The minimum Gasteiger partial charge on any atom is -0.326 e. The van der Waals surface area contributed by atoms with Crippen LogP contribution in [0.15, 0.2) is 18.2 Å². The van der Waals surface area contributed by atoms with E-state index in [1.54, 1.807) is 6.07 Å². The minimum atomic E-state index is -0.793. The van der Waals surface area contributed by atoms with E-state index in [1.165, 1.54) is 25.0 Å². The van der Waals surface area contributed by atoms with Gasteiger partial charge in [0.2, 0.25) is 0 Å². The van der Waals surface area contributed by atoms with Crippen molar-refractivity contribution in [3.8, 4) is 0 Å². The van der Waals surface area contributed by atoms with Crippen molar-refractivity contribution < 1.29 is 8.78 Å². The lowest BCUT2D eigenvalue weighted by atomic mass is 10.0. The van der Waals surface area contributed by atoms with Gasteiger partial charge < -0.3 is 5.73 Å². The molecule has 2 aliphatic rings. The predicted octanol–water partition coefficient (Wildman–Crippen LogP) is 2.20. The molecule has 2 atom stereocenters. The van der Waals surface area contributed by atoms with Crippen molar-refractivity contribution in [3.05, 3.63) is 35.4 Å². The van der Waals surface area contributed by atoms with Gasteiger partial charge in [0.1, 0.15) is 0 Å². The highest BCUT2D eigenvalue weighted by molar-refractivity contribution is 5.25. The quantitative estimate of drug-likeness (QED) is 0.855. The maximum absolute atomic E-state index is 13.3. The largest absolute Gasteiger partial charge is 0.326 e. The fourth-order valence-electron chi connectivity index (χ4n) is 2.79. The lowest BCUT2D eigenvalue weighted by Crippen LogP contribution is -2.33. The van der Waals surface area contributed by atoms with Crippen molar-refractivity contribution in [1.82, 2.24) is 4.90 Å². The number of halogens is 2. The highest BCUT2D eigenvalue weighted by Gasteiger charge is 2.41. The van der Waals surface area contributed by atoms with Gasteiger partial charge in [-0.1, -0.05) is 6.07 Å². The van der Waals surface area contributed by atoms with Crippen LogP contribution in [0.3, 0.4) is 0 Å². The number of benzene rings is 1. The zero-order valence-electron chi connectivity index (χ0n) is 9.57. The highest BCUT2D eigenvalue weighted by atomic mass is 19.2. The van der Waals surface area contributed by atoms with E-state index in [4.69, 9.17) is 5.73 Å². The number of rotatable bonds is 2. The van der Waals surface area contributed by atoms with Gasteiger partial charge in [-0.3, -0.25) is 4.90 Å². The van der Waals surface area contributed by atoms with Crippen molar-refractivity contribution in [3.63, 3.8) is 0 Å². The smallest absolute Gasteiger partial charge is 0.159 e. The fourth-order valence-corrected chi connectivity index (χ4v) is 2.79. The molecule has 2 N–H and O–H groups in total. The highest BCUT2D eigenvalue weighted by Crippen LogP contribution is 2.40. The number of nitrogens with two attached hydrogens (primary N) is 1. The molecular weight excluding hydrogens is 222 g/mol. The molecule has 0 amide bonds. The van der Waals surface area contributed by atoms with Crippen molar-refractivity contribution >= 4 is 0 Å². The summed E-state index contributed by atoms with van der Waals surface area (Å²) >= 11 is 0. The van der Waals surface area contributed by atoms with E-state index < -0.39 is 11.6 Å². The molecule has 1 aliphatic carbocycles. The summed E-state index contributed by atoms with van der Waals surface area (Å²) < 4.78 is 26.2.